The molecule has 0 spiro atoms. The molecule has 1 amide bonds. The Kier molecular flexibility index (Phi) is 2.98. The van der Waals surface area contributed by atoms with Crippen LogP contribution in [0.2, 0.25) is 5.15 Å². The minimum absolute atomic E-state index is 0.0579. The molecule has 0 saturated heterocycles. The molecule has 3 aromatic heterocycles. The van der Waals surface area contributed by atoms with E-state index in [1.54, 1.807) is 0 Å². The van der Waals surface area contributed by atoms with Crippen LogP contribution in [0.3, 0.4) is 0 Å². The Morgan fingerprint density at radius 1 is 1.52 bits per heavy atom. The number of aromatic nitrogens is 4. The van der Waals surface area contributed by atoms with Gasteiger partial charge >= 0.3 is 0 Å². The predicted molar refractivity (Wildman–Crippen MR) is 84.3 cm³/mol. The summed E-state index contributed by atoms with van der Waals surface area (Å²) < 4.78 is 1.98. The Morgan fingerprint density at radius 3 is 3.24 bits per heavy atom. The second-order valence-electron chi connectivity index (χ2n) is 4.69. The molecule has 9 heteroatoms. The lowest BCUT2D eigenvalue weighted by molar-refractivity contribution is -0.113. The number of halogens is 1. The molecule has 0 fully saturated rings. The third-order valence-corrected chi connectivity index (χ3v) is 5.65. The largest absolute Gasteiger partial charge is 0.308 e. The highest BCUT2D eigenvalue weighted by Gasteiger charge is 2.32. The number of carbonyl (C=O) groups is 1. The van der Waals surface area contributed by atoms with E-state index in [9.17, 15) is 4.79 Å². The Bertz CT molecular complexity index is 851. The fraction of sp³-hybridized carbons (Fsp3) is 0.250. The van der Waals surface area contributed by atoms with Crippen molar-refractivity contribution in [2.24, 2.45) is 0 Å². The molecule has 6 nitrogen and oxygen atoms in total. The van der Waals surface area contributed by atoms with Crippen LogP contribution in [0.5, 0.6) is 0 Å². The smallest absolute Gasteiger partial charge is 0.235 e. The Hall–Kier alpha value is -1.51. The van der Waals surface area contributed by atoms with Crippen molar-refractivity contribution < 1.29 is 4.79 Å². The van der Waals surface area contributed by atoms with Crippen LogP contribution in [0.25, 0.3) is 4.96 Å². The van der Waals surface area contributed by atoms with Gasteiger partial charge < -0.3 is 5.32 Å². The van der Waals surface area contributed by atoms with Crippen LogP contribution in [0.15, 0.2) is 11.6 Å². The van der Waals surface area contributed by atoms with E-state index in [4.69, 9.17) is 11.6 Å². The van der Waals surface area contributed by atoms with E-state index in [-0.39, 0.29) is 11.2 Å². The van der Waals surface area contributed by atoms with Gasteiger partial charge in [0.2, 0.25) is 5.91 Å². The van der Waals surface area contributed by atoms with Gasteiger partial charge in [-0.05, 0) is 6.92 Å². The second-order valence-corrected chi connectivity index (χ2v) is 7.02. The molecular formula is C12H10ClN5OS2. The summed E-state index contributed by atoms with van der Waals surface area (Å²) in [4.78, 5) is 17.1. The van der Waals surface area contributed by atoms with Crippen molar-refractivity contribution in [1.29, 1.82) is 0 Å². The van der Waals surface area contributed by atoms with Gasteiger partial charge in [0.25, 0.3) is 0 Å². The zero-order chi connectivity index (χ0) is 14.6. The Balaban J connectivity index is 1.95. The van der Waals surface area contributed by atoms with Crippen LogP contribution in [-0.4, -0.2) is 31.2 Å². The number of aryl methyl sites for hydroxylation is 1. The number of amides is 1. The van der Waals surface area contributed by atoms with Gasteiger partial charge in [-0.15, -0.1) is 23.1 Å². The van der Waals surface area contributed by atoms with E-state index < -0.39 is 0 Å². The fourth-order valence-corrected chi connectivity index (χ4v) is 4.84. The third kappa shape index (κ3) is 1.97. The molecule has 4 rings (SSSR count). The predicted octanol–water partition coefficient (Wildman–Crippen LogP) is 2.86. The topological polar surface area (TPSA) is 75.1 Å². The summed E-state index contributed by atoms with van der Waals surface area (Å²) in [7, 11) is 0. The van der Waals surface area contributed by atoms with Crippen LogP contribution < -0.4 is 5.32 Å². The first-order chi connectivity index (χ1) is 10.1. The van der Waals surface area contributed by atoms with Gasteiger partial charge in [0, 0.05) is 22.8 Å². The molecule has 21 heavy (non-hydrogen) atoms. The van der Waals surface area contributed by atoms with Crippen molar-refractivity contribution in [2.75, 3.05) is 11.1 Å². The van der Waals surface area contributed by atoms with Gasteiger partial charge in [-0.3, -0.25) is 14.3 Å². The normalized spacial score (nSPS) is 18.6. The first-order valence-electron chi connectivity index (χ1n) is 6.22. The number of thiazole rings is 1. The molecule has 1 unspecified atom stereocenters. The maximum absolute atomic E-state index is 11.8. The SMILES string of the molecule is Cc1[nH]nc2c1C(c1c(Cl)nc3sccn13)SCC(=O)N2. The number of imidazole rings is 1. The van der Waals surface area contributed by atoms with Crippen molar-refractivity contribution in [3.05, 3.63) is 33.7 Å². The number of anilines is 1. The average Bonchev–Trinajstić information content (AvgIpc) is 3.06. The summed E-state index contributed by atoms with van der Waals surface area (Å²) in [6.45, 7) is 1.94. The van der Waals surface area contributed by atoms with Gasteiger partial charge in [-0.2, -0.15) is 5.10 Å². The van der Waals surface area contributed by atoms with Crippen molar-refractivity contribution in [1.82, 2.24) is 19.6 Å². The number of hydrogen-bond donors (Lipinski definition) is 2. The Labute approximate surface area is 132 Å². The molecule has 4 heterocycles. The zero-order valence-electron chi connectivity index (χ0n) is 10.9. The molecule has 1 atom stereocenters. The molecule has 1 aliphatic heterocycles. The molecule has 0 bridgehead atoms. The highest BCUT2D eigenvalue weighted by Crippen LogP contribution is 2.44. The standard InChI is InChI=1S/C12H10ClN5OS2/c1-5-7-9(21-4-6(19)14-11(7)17-16-5)8-10(13)15-12-18(8)2-3-20-12/h2-3,9H,4H2,1H3,(H2,14,16,17,19). The Morgan fingerprint density at radius 2 is 2.38 bits per heavy atom. The van der Waals surface area contributed by atoms with Gasteiger partial charge in [-0.25, -0.2) is 4.98 Å². The molecule has 0 radical (unpaired) electrons. The van der Waals surface area contributed by atoms with E-state index in [0.717, 1.165) is 21.9 Å². The maximum Gasteiger partial charge on any atom is 0.235 e. The minimum Gasteiger partial charge on any atom is -0.308 e. The van der Waals surface area contributed by atoms with Crippen LogP contribution >= 0.6 is 34.7 Å². The van der Waals surface area contributed by atoms with Crippen LogP contribution in [0.4, 0.5) is 5.82 Å². The van der Waals surface area contributed by atoms with Crippen molar-refractivity contribution >= 4 is 51.4 Å². The molecule has 0 aliphatic carbocycles. The number of hydrogen-bond acceptors (Lipinski definition) is 5. The van der Waals surface area contributed by atoms with Gasteiger partial charge in [0.05, 0.1) is 16.7 Å². The summed E-state index contributed by atoms with van der Waals surface area (Å²) in [6, 6.07) is 0. The molecular weight excluding hydrogens is 330 g/mol. The molecule has 1 aliphatic rings. The van der Waals surface area contributed by atoms with E-state index in [2.05, 4.69) is 20.5 Å². The number of nitrogens with zero attached hydrogens (tertiary/aromatic N) is 3. The van der Waals surface area contributed by atoms with Crippen molar-refractivity contribution in [3.8, 4) is 0 Å². The van der Waals surface area contributed by atoms with Crippen molar-refractivity contribution in [2.45, 2.75) is 12.2 Å². The van der Waals surface area contributed by atoms with Crippen molar-refractivity contribution in [3.63, 3.8) is 0 Å². The number of nitrogens with one attached hydrogen (secondary N) is 2. The molecule has 108 valence electrons. The summed E-state index contributed by atoms with van der Waals surface area (Å²) in [5.41, 5.74) is 2.77. The average molecular weight is 340 g/mol. The second kappa shape index (κ2) is 4.75. The quantitative estimate of drug-likeness (QED) is 0.715. The summed E-state index contributed by atoms with van der Waals surface area (Å²) in [6.07, 6.45) is 1.95. The first-order valence-corrected chi connectivity index (χ1v) is 8.53. The lowest BCUT2D eigenvalue weighted by atomic mass is 10.1. The van der Waals surface area contributed by atoms with E-state index in [0.29, 0.717) is 16.7 Å². The highest BCUT2D eigenvalue weighted by molar-refractivity contribution is 8.00. The number of aromatic amines is 1. The molecule has 3 aromatic rings. The van der Waals surface area contributed by atoms with Crippen LogP contribution in [0, 0.1) is 6.92 Å². The summed E-state index contributed by atoms with van der Waals surface area (Å²) >= 11 is 9.41. The highest BCUT2D eigenvalue weighted by atomic mass is 35.5. The van der Waals surface area contributed by atoms with Gasteiger partial charge in [0.15, 0.2) is 15.9 Å². The fourth-order valence-electron chi connectivity index (χ4n) is 2.49. The summed E-state index contributed by atoms with van der Waals surface area (Å²) in [5.74, 6) is 0.875. The van der Waals surface area contributed by atoms with Gasteiger partial charge in [0.1, 0.15) is 0 Å². The lowest BCUT2D eigenvalue weighted by Gasteiger charge is -2.14. The number of carbonyl (C=O) groups excluding carboxylic acids is 1. The molecule has 0 saturated carbocycles. The molecule has 0 aromatic carbocycles. The molecule has 2 N–H and O–H groups in total. The minimum atomic E-state index is -0.0881. The zero-order valence-corrected chi connectivity index (χ0v) is 13.3. The lowest BCUT2D eigenvalue weighted by Crippen LogP contribution is -2.12. The van der Waals surface area contributed by atoms with Gasteiger partial charge in [-0.1, -0.05) is 11.6 Å². The number of rotatable bonds is 1. The number of thioether (sulfide) groups is 1. The first kappa shape index (κ1) is 13.2. The maximum atomic E-state index is 11.8. The summed E-state index contributed by atoms with van der Waals surface area (Å²) in [5, 5.41) is 12.3. The number of H-pyrrole nitrogens is 1. The van der Waals surface area contributed by atoms with Crippen LogP contribution in [0.1, 0.15) is 22.2 Å². The van der Waals surface area contributed by atoms with E-state index >= 15 is 0 Å². The van der Waals surface area contributed by atoms with E-state index in [1.165, 1.54) is 23.1 Å². The van der Waals surface area contributed by atoms with Crippen LogP contribution in [-0.2, 0) is 4.79 Å². The van der Waals surface area contributed by atoms with E-state index in [1.807, 2.05) is 22.9 Å². The third-order valence-electron chi connectivity index (χ3n) is 3.40. The number of fused-ring (bicyclic) bond motifs is 2. The monoisotopic (exact) mass is 339 g/mol.